The molecule has 0 aromatic heterocycles. The lowest BCUT2D eigenvalue weighted by Crippen LogP contribution is -2.58. The van der Waals surface area contributed by atoms with Crippen molar-refractivity contribution in [2.45, 2.75) is 37.8 Å². The van der Waals surface area contributed by atoms with Crippen molar-refractivity contribution in [2.24, 2.45) is 0 Å². The van der Waals surface area contributed by atoms with Crippen LogP contribution in [0.15, 0.2) is 18.2 Å². The molecule has 3 rings (SSSR count). The highest BCUT2D eigenvalue weighted by atomic mass is 35.5. The molecule has 0 unspecified atom stereocenters. The first-order chi connectivity index (χ1) is 9.17. The number of hydrogen-bond acceptors (Lipinski definition) is 2. The second-order valence-corrected chi connectivity index (χ2v) is 6.28. The molecule has 2 nitrogen and oxygen atoms in total. The van der Waals surface area contributed by atoms with Crippen molar-refractivity contribution < 1.29 is 4.39 Å². The summed E-state index contributed by atoms with van der Waals surface area (Å²) < 4.78 is 13.5. The molecule has 1 saturated carbocycles. The van der Waals surface area contributed by atoms with Gasteiger partial charge in [-0.25, -0.2) is 4.39 Å². The molecular formula is C15H20ClFN2. The highest BCUT2D eigenvalue weighted by molar-refractivity contribution is 6.30. The summed E-state index contributed by atoms with van der Waals surface area (Å²) in [5, 5.41) is 3.90. The third-order valence-corrected chi connectivity index (χ3v) is 4.71. The fourth-order valence-electron chi connectivity index (χ4n) is 3.46. The summed E-state index contributed by atoms with van der Waals surface area (Å²) in [5.74, 6) is -0.315. The molecule has 1 aromatic carbocycles. The van der Waals surface area contributed by atoms with Crippen molar-refractivity contribution in [3.63, 3.8) is 0 Å². The molecule has 1 aliphatic carbocycles. The molecule has 104 valence electrons. The van der Waals surface area contributed by atoms with Crippen LogP contribution >= 0.6 is 11.6 Å². The molecule has 1 heterocycles. The number of halogens is 2. The molecule has 19 heavy (non-hydrogen) atoms. The van der Waals surface area contributed by atoms with Crippen LogP contribution in [0.25, 0.3) is 0 Å². The van der Waals surface area contributed by atoms with E-state index in [1.165, 1.54) is 25.7 Å². The summed E-state index contributed by atoms with van der Waals surface area (Å²) in [6.45, 7) is 3.97. The van der Waals surface area contributed by atoms with E-state index in [0.717, 1.165) is 31.7 Å². The van der Waals surface area contributed by atoms with E-state index in [0.29, 0.717) is 5.54 Å². The maximum atomic E-state index is 13.5. The van der Waals surface area contributed by atoms with Crippen LogP contribution in [0.1, 0.15) is 31.2 Å². The fraction of sp³-hybridized carbons (Fsp3) is 0.600. The zero-order valence-electron chi connectivity index (χ0n) is 11.1. The molecule has 2 fully saturated rings. The molecule has 0 atom stereocenters. The zero-order chi connectivity index (χ0) is 13.3. The number of nitrogens with zero attached hydrogens (tertiary/aromatic N) is 1. The second kappa shape index (κ2) is 5.39. The van der Waals surface area contributed by atoms with E-state index in [9.17, 15) is 4.39 Å². The van der Waals surface area contributed by atoms with E-state index < -0.39 is 0 Å². The van der Waals surface area contributed by atoms with Crippen molar-refractivity contribution in [3.05, 3.63) is 34.6 Å². The first-order valence-electron chi connectivity index (χ1n) is 7.08. The van der Waals surface area contributed by atoms with Gasteiger partial charge in [-0.3, -0.25) is 4.90 Å². The van der Waals surface area contributed by atoms with Crippen LogP contribution in [0.3, 0.4) is 0 Å². The third-order valence-electron chi connectivity index (χ3n) is 4.41. The number of benzene rings is 1. The van der Waals surface area contributed by atoms with Crippen LogP contribution in [-0.4, -0.2) is 30.1 Å². The number of hydrogen-bond donors (Lipinski definition) is 1. The quantitative estimate of drug-likeness (QED) is 0.896. The molecule has 1 spiro atoms. The van der Waals surface area contributed by atoms with Crippen LogP contribution in [0.4, 0.5) is 4.39 Å². The van der Waals surface area contributed by atoms with Gasteiger partial charge in [0, 0.05) is 31.7 Å². The van der Waals surface area contributed by atoms with Gasteiger partial charge >= 0.3 is 0 Å². The largest absolute Gasteiger partial charge is 0.309 e. The minimum Gasteiger partial charge on any atom is -0.309 e. The Kier molecular flexibility index (Phi) is 3.79. The summed E-state index contributed by atoms with van der Waals surface area (Å²) in [6, 6.07) is 5.14. The summed E-state index contributed by atoms with van der Waals surface area (Å²) in [6.07, 6.45) is 5.21. The van der Waals surface area contributed by atoms with E-state index in [2.05, 4.69) is 10.2 Å². The molecule has 1 N–H and O–H groups in total. The summed E-state index contributed by atoms with van der Waals surface area (Å²) in [4.78, 5) is 2.44. The van der Waals surface area contributed by atoms with Crippen LogP contribution in [0.5, 0.6) is 0 Å². The maximum absolute atomic E-state index is 13.5. The lowest BCUT2D eigenvalue weighted by Gasteiger charge is -2.41. The van der Waals surface area contributed by atoms with Crippen LogP contribution in [0.2, 0.25) is 5.02 Å². The molecule has 0 radical (unpaired) electrons. The number of piperazine rings is 1. The van der Waals surface area contributed by atoms with E-state index in [1.807, 2.05) is 6.07 Å². The average Bonchev–Trinajstić information content (AvgIpc) is 2.82. The Morgan fingerprint density at radius 1 is 1.32 bits per heavy atom. The smallest absolute Gasteiger partial charge is 0.142 e. The Hall–Kier alpha value is -0.640. The Balaban J connectivity index is 1.67. The molecule has 1 aromatic rings. The molecule has 2 aliphatic rings. The van der Waals surface area contributed by atoms with Crippen molar-refractivity contribution in [3.8, 4) is 0 Å². The van der Waals surface area contributed by atoms with Gasteiger partial charge in [0.05, 0.1) is 5.02 Å². The summed E-state index contributed by atoms with van der Waals surface area (Å²) in [5.41, 5.74) is 1.33. The highest BCUT2D eigenvalue weighted by Gasteiger charge is 2.37. The molecule has 0 bridgehead atoms. The summed E-state index contributed by atoms with van der Waals surface area (Å²) >= 11 is 5.72. The SMILES string of the molecule is Fc1cc(CN2CCNC3(CCCC3)C2)ccc1Cl. The Bertz CT molecular complexity index is 457. The van der Waals surface area contributed by atoms with Gasteiger partial charge in [0.1, 0.15) is 5.82 Å². The highest BCUT2D eigenvalue weighted by Crippen LogP contribution is 2.32. The minimum atomic E-state index is -0.315. The summed E-state index contributed by atoms with van der Waals surface area (Å²) in [7, 11) is 0. The molecular weight excluding hydrogens is 263 g/mol. The lowest BCUT2D eigenvalue weighted by molar-refractivity contribution is 0.128. The van der Waals surface area contributed by atoms with Crippen LogP contribution in [-0.2, 0) is 6.54 Å². The van der Waals surface area contributed by atoms with Crippen LogP contribution < -0.4 is 5.32 Å². The predicted molar refractivity (Wildman–Crippen MR) is 75.9 cm³/mol. The topological polar surface area (TPSA) is 15.3 Å². The predicted octanol–water partition coefficient (Wildman–Crippen LogP) is 3.20. The number of rotatable bonds is 2. The monoisotopic (exact) mass is 282 g/mol. The van der Waals surface area contributed by atoms with Gasteiger partial charge in [0.2, 0.25) is 0 Å². The minimum absolute atomic E-state index is 0.205. The van der Waals surface area contributed by atoms with E-state index in [1.54, 1.807) is 12.1 Å². The normalized spacial score (nSPS) is 23.1. The van der Waals surface area contributed by atoms with E-state index >= 15 is 0 Å². The standard InChI is InChI=1S/C15H20ClFN2/c16-13-4-3-12(9-14(13)17)10-19-8-7-18-15(11-19)5-1-2-6-15/h3-4,9,18H,1-2,5-8,10-11H2. The van der Waals surface area contributed by atoms with Crippen LogP contribution in [0, 0.1) is 5.82 Å². The first kappa shape index (κ1) is 13.3. The molecule has 1 saturated heterocycles. The Morgan fingerprint density at radius 3 is 2.84 bits per heavy atom. The van der Waals surface area contributed by atoms with Gasteiger partial charge < -0.3 is 5.32 Å². The number of nitrogens with one attached hydrogen (secondary N) is 1. The average molecular weight is 283 g/mol. The van der Waals surface area contributed by atoms with Gasteiger partial charge in [-0.15, -0.1) is 0 Å². The van der Waals surface area contributed by atoms with Gasteiger partial charge in [0.15, 0.2) is 0 Å². The Labute approximate surface area is 118 Å². The first-order valence-corrected chi connectivity index (χ1v) is 7.46. The van der Waals surface area contributed by atoms with Gasteiger partial charge in [-0.1, -0.05) is 30.5 Å². The Morgan fingerprint density at radius 2 is 2.11 bits per heavy atom. The van der Waals surface area contributed by atoms with E-state index in [4.69, 9.17) is 11.6 Å². The molecule has 0 amide bonds. The van der Waals surface area contributed by atoms with Crippen molar-refractivity contribution in [1.29, 1.82) is 0 Å². The lowest BCUT2D eigenvalue weighted by atomic mass is 9.94. The van der Waals surface area contributed by atoms with E-state index in [-0.39, 0.29) is 10.8 Å². The van der Waals surface area contributed by atoms with Gasteiger partial charge in [-0.05, 0) is 30.5 Å². The molecule has 1 aliphatic heterocycles. The van der Waals surface area contributed by atoms with Gasteiger partial charge in [-0.2, -0.15) is 0 Å². The van der Waals surface area contributed by atoms with Crippen molar-refractivity contribution in [2.75, 3.05) is 19.6 Å². The third kappa shape index (κ3) is 2.93. The van der Waals surface area contributed by atoms with Gasteiger partial charge in [0.25, 0.3) is 0 Å². The fourth-order valence-corrected chi connectivity index (χ4v) is 3.58. The van der Waals surface area contributed by atoms with Crippen molar-refractivity contribution >= 4 is 11.6 Å². The van der Waals surface area contributed by atoms with Crippen molar-refractivity contribution in [1.82, 2.24) is 10.2 Å². The molecule has 4 heteroatoms. The maximum Gasteiger partial charge on any atom is 0.142 e. The second-order valence-electron chi connectivity index (χ2n) is 5.87. The zero-order valence-corrected chi connectivity index (χ0v) is 11.8.